The number of piperidine rings is 1. The van der Waals surface area contributed by atoms with E-state index in [4.69, 9.17) is 11.6 Å². The van der Waals surface area contributed by atoms with Crippen LogP contribution in [0.4, 0.5) is 0 Å². The molecule has 1 fully saturated rings. The van der Waals surface area contributed by atoms with Crippen molar-refractivity contribution in [2.24, 2.45) is 0 Å². The number of aliphatic hydroxyl groups is 1. The first kappa shape index (κ1) is 26.7. The average Bonchev–Trinajstić information content (AvgIpc) is 2.87. The number of allylic oxidation sites excluding steroid dienone is 1. The monoisotopic (exact) mass is 489 g/mol. The minimum Gasteiger partial charge on any atom is -0.385 e. The fourth-order valence-corrected chi connectivity index (χ4v) is 4.58. The maximum Gasteiger partial charge on any atom is 0.254 e. The van der Waals surface area contributed by atoms with Gasteiger partial charge in [0.25, 0.3) is 5.91 Å². The minimum atomic E-state index is -0.908. The van der Waals surface area contributed by atoms with Gasteiger partial charge >= 0.3 is 0 Å². The molecule has 0 atom stereocenters. The molecule has 1 amide bonds. The quantitative estimate of drug-likeness (QED) is 0.393. The fourth-order valence-electron chi connectivity index (χ4n) is 4.45. The first-order valence-electron chi connectivity index (χ1n) is 12.3. The van der Waals surface area contributed by atoms with Crippen molar-refractivity contribution in [3.05, 3.63) is 112 Å². The van der Waals surface area contributed by atoms with Gasteiger partial charge in [0.15, 0.2) is 0 Å². The van der Waals surface area contributed by atoms with Gasteiger partial charge in [-0.05, 0) is 74.4 Å². The van der Waals surface area contributed by atoms with Gasteiger partial charge in [-0.3, -0.25) is 4.79 Å². The van der Waals surface area contributed by atoms with Crippen LogP contribution >= 0.6 is 11.6 Å². The first-order valence-corrected chi connectivity index (χ1v) is 12.7. The molecule has 0 aliphatic carbocycles. The highest BCUT2D eigenvalue weighted by Crippen LogP contribution is 2.35. The lowest BCUT2D eigenvalue weighted by atomic mass is 9.84. The Bertz CT molecular complexity index is 1140. The van der Waals surface area contributed by atoms with Crippen molar-refractivity contribution in [1.82, 2.24) is 4.90 Å². The molecule has 0 radical (unpaired) electrons. The summed E-state index contributed by atoms with van der Waals surface area (Å²) in [6, 6.07) is 25.8. The molecule has 1 heterocycles. The predicted octanol–water partition coefficient (Wildman–Crippen LogP) is 7.20. The van der Waals surface area contributed by atoms with E-state index >= 15 is 0 Å². The number of benzene rings is 3. The molecule has 1 aliphatic rings. The molecule has 4 rings (SSSR count). The van der Waals surface area contributed by atoms with Crippen molar-refractivity contribution in [3.63, 3.8) is 0 Å². The number of carbonyl (C=O) groups is 1. The Hall–Kier alpha value is -2.88. The van der Waals surface area contributed by atoms with Crippen LogP contribution in [-0.2, 0) is 16.8 Å². The van der Waals surface area contributed by atoms with Gasteiger partial charge in [0, 0.05) is 23.7 Å². The largest absolute Gasteiger partial charge is 0.385 e. The second-order valence-electron chi connectivity index (χ2n) is 9.36. The Morgan fingerprint density at radius 1 is 0.914 bits per heavy atom. The van der Waals surface area contributed by atoms with Gasteiger partial charge in [-0.15, -0.1) is 0 Å². The normalized spacial score (nSPS) is 14.5. The number of hydrogen-bond donors (Lipinski definition) is 1. The van der Waals surface area contributed by atoms with Crippen LogP contribution in [0.3, 0.4) is 0 Å². The Morgan fingerprint density at radius 2 is 1.49 bits per heavy atom. The summed E-state index contributed by atoms with van der Waals surface area (Å²) in [6.45, 7) is 9.21. The lowest BCUT2D eigenvalue weighted by molar-refractivity contribution is -0.129. The summed E-state index contributed by atoms with van der Waals surface area (Å²) in [6.07, 6.45) is 2.18. The second kappa shape index (κ2) is 12.2. The smallest absolute Gasteiger partial charge is 0.254 e. The second-order valence-corrected chi connectivity index (χ2v) is 9.80. The Kier molecular flexibility index (Phi) is 9.31. The maximum atomic E-state index is 13.3. The Morgan fingerprint density at radius 3 is 2.00 bits per heavy atom. The number of halogens is 1. The predicted molar refractivity (Wildman–Crippen MR) is 146 cm³/mol. The van der Waals surface area contributed by atoms with E-state index in [1.165, 1.54) is 5.56 Å². The number of amides is 1. The summed E-state index contributed by atoms with van der Waals surface area (Å²) in [4.78, 5) is 15.1. The number of aryl methyl sites for hydroxylation is 2. The van der Waals surface area contributed by atoms with E-state index in [0.717, 1.165) is 34.3 Å². The third-order valence-electron chi connectivity index (χ3n) is 6.64. The van der Waals surface area contributed by atoms with Crippen molar-refractivity contribution in [1.29, 1.82) is 0 Å². The molecule has 35 heavy (non-hydrogen) atoms. The molecule has 0 aromatic heterocycles. The molecule has 0 spiro atoms. The Balaban J connectivity index is 0.000000363. The molecule has 184 valence electrons. The molecule has 3 nitrogen and oxygen atoms in total. The van der Waals surface area contributed by atoms with Crippen LogP contribution in [0, 0.1) is 6.92 Å². The molecule has 0 saturated carbocycles. The zero-order valence-corrected chi connectivity index (χ0v) is 22.0. The first-order chi connectivity index (χ1) is 16.7. The summed E-state index contributed by atoms with van der Waals surface area (Å²) < 4.78 is 0. The number of hydrogen-bond acceptors (Lipinski definition) is 2. The van der Waals surface area contributed by atoms with Crippen LogP contribution < -0.4 is 0 Å². The van der Waals surface area contributed by atoms with Crippen LogP contribution in [0.5, 0.6) is 0 Å². The van der Waals surface area contributed by atoms with E-state index in [9.17, 15) is 9.90 Å². The van der Waals surface area contributed by atoms with Gasteiger partial charge in [-0.2, -0.15) is 0 Å². The number of nitrogens with zero attached hydrogens (tertiary/aromatic N) is 1. The third kappa shape index (κ3) is 6.84. The van der Waals surface area contributed by atoms with Crippen LogP contribution in [0.15, 0.2) is 84.4 Å². The molecule has 1 aliphatic heterocycles. The summed E-state index contributed by atoms with van der Waals surface area (Å²) in [7, 11) is 0. The van der Waals surface area contributed by atoms with Gasteiger partial charge in [0.05, 0.1) is 5.60 Å². The van der Waals surface area contributed by atoms with Crippen LogP contribution in [-0.4, -0.2) is 29.0 Å². The topological polar surface area (TPSA) is 40.5 Å². The van der Waals surface area contributed by atoms with Gasteiger partial charge in [0.1, 0.15) is 0 Å². The van der Waals surface area contributed by atoms with Gasteiger partial charge in [-0.25, -0.2) is 0 Å². The third-order valence-corrected chi connectivity index (χ3v) is 6.89. The van der Waals surface area contributed by atoms with Crippen molar-refractivity contribution in [2.45, 2.75) is 52.6 Å². The molecule has 0 bridgehead atoms. The minimum absolute atomic E-state index is 0.0439. The Labute approximate surface area is 215 Å². The van der Waals surface area contributed by atoms with Crippen LogP contribution in [0.25, 0.3) is 5.57 Å². The SMILES string of the molecule is CC(C)=C(C(=O)N1CCC(O)(c2ccc(Cl)cc2)CC1)c1ccccc1C.CCc1ccccc1. The number of rotatable bonds is 4. The summed E-state index contributed by atoms with van der Waals surface area (Å²) >= 11 is 5.96. The summed E-state index contributed by atoms with van der Waals surface area (Å²) in [5.74, 6) is 0.0439. The highest BCUT2D eigenvalue weighted by Gasteiger charge is 2.36. The van der Waals surface area contributed by atoms with E-state index in [0.29, 0.717) is 31.0 Å². The summed E-state index contributed by atoms with van der Waals surface area (Å²) in [5, 5.41) is 11.7. The zero-order valence-electron chi connectivity index (χ0n) is 21.2. The van der Waals surface area contributed by atoms with E-state index in [1.54, 1.807) is 12.1 Å². The van der Waals surface area contributed by atoms with E-state index < -0.39 is 5.60 Å². The van der Waals surface area contributed by atoms with Gasteiger partial charge in [0.2, 0.25) is 0 Å². The molecule has 1 N–H and O–H groups in total. The van der Waals surface area contributed by atoms with Gasteiger partial charge < -0.3 is 10.0 Å². The van der Waals surface area contributed by atoms with Crippen LogP contribution in [0.1, 0.15) is 55.9 Å². The highest BCUT2D eigenvalue weighted by molar-refractivity contribution is 6.30. The molecule has 3 aromatic rings. The van der Waals surface area contributed by atoms with Gasteiger partial charge in [-0.1, -0.05) is 90.8 Å². The standard InChI is InChI=1S/C23H26ClNO2.C8H10/c1-16(2)21(20-7-5-4-6-17(20)3)22(26)25-14-12-23(27,13-15-25)18-8-10-19(24)11-9-18;1-2-8-6-4-3-5-7-8/h4-11,27H,12-15H2,1-3H3;3-7H,2H2,1H3. The fraction of sp³-hybridized carbons (Fsp3) is 0.323. The van der Waals surface area contributed by atoms with E-state index in [1.807, 2.05) is 68.1 Å². The number of carbonyl (C=O) groups excluding carboxylic acids is 1. The molecular weight excluding hydrogens is 454 g/mol. The number of likely N-dealkylation sites (tertiary alicyclic amines) is 1. The highest BCUT2D eigenvalue weighted by atomic mass is 35.5. The molecule has 3 aromatic carbocycles. The average molecular weight is 490 g/mol. The van der Waals surface area contributed by atoms with Crippen molar-refractivity contribution >= 4 is 23.1 Å². The van der Waals surface area contributed by atoms with Crippen molar-refractivity contribution in [3.8, 4) is 0 Å². The summed E-state index contributed by atoms with van der Waals surface area (Å²) in [5.41, 5.74) is 5.22. The van der Waals surface area contributed by atoms with E-state index in [2.05, 4.69) is 31.2 Å². The van der Waals surface area contributed by atoms with E-state index in [-0.39, 0.29) is 5.91 Å². The molecular formula is C31H36ClNO2. The molecule has 4 heteroatoms. The van der Waals surface area contributed by atoms with Crippen molar-refractivity contribution < 1.29 is 9.90 Å². The molecule has 0 unspecified atom stereocenters. The van der Waals surface area contributed by atoms with Crippen LogP contribution in [0.2, 0.25) is 5.02 Å². The molecule has 1 saturated heterocycles. The lowest BCUT2D eigenvalue weighted by Gasteiger charge is -2.39. The van der Waals surface area contributed by atoms with Crippen molar-refractivity contribution in [2.75, 3.05) is 13.1 Å². The maximum absolute atomic E-state index is 13.3. The lowest BCUT2D eigenvalue weighted by Crippen LogP contribution is -2.45. The zero-order chi connectivity index (χ0) is 25.4.